The molecule has 0 fully saturated rings. The van der Waals surface area contributed by atoms with Crippen LogP contribution in [0.5, 0.6) is 5.75 Å². The van der Waals surface area contributed by atoms with Crippen LogP contribution in [-0.2, 0) is 0 Å². The summed E-state index contributed by atoms with van der Waals surface area (Å²) in [5.41, 5.74) is 2.05. The average Bonchev–Trinajstić information content (AvgIpc) is 2.23. The maximum Gasteiger partial charge on any atom is 0.401 e. The van der Waals surface area contributed by atoms with Gasteiger partial charge in [0.2, 0.25) is 0 Å². The van der Waals surface area contributed by atoms with Crippen molar-refractivity contribution in [3.63, 3.8) is 0 Å². The molecule has 2 N–H and O–H groups in total. The minimum atomic E-state index is -4.27. The first kappa shape index (κ1) is 15.8. The van der Waals surface area contributed by atoms with Crippen LogP contribution in [0.1, 0.15) is 11.1 Å². The van der Waals surface area contributed by atoms with Crippen molar-refractivity contribution in [1.82, 2.24) is 5.32 Å². The number of benzene rings is 1. The van der Waals surface area contributed by atoms with Crippen molar-refractivity contribution < 1.29 is 23.0 Å². The summed E-state index contributed by atoms with van der Waals surface area (Å²) in [6.45, 7) is 2.51. The van der Waals surface area contributed by atoms with E-state index in [-0.39, 0.29) is 13.2 Å². The molecule has 1 atom stereocenters. The van der Waals surface area contributed by atoms with E-state index in [1.165, 1.54) is 0 Å². The Balaban J connectivity index is 2.31. The third-order valence-electron chi connectivity index (χ3n) is 2.34. The van der Waals surface area contributed by atoms with Crippen molar-refractivity contribution in [2.75, 3.05) is 19.7 Å². The molecule has 0 aliphatic heterocycles. The Kier molecular flexibility index (Phi) is 5.62. The van der Waals surface area contributed by atoms with Crippen LogP contribution in [0.15, 0.2) is 18.2 Å². The Morgan fingerprint density at radius 2 is 1.79 bits per heavy atom. The third-order valence-corrected chi connectivity index (χ3v) is 2.34. The number of hydrogen-bond acceptors (Lipinski definition) is 3. The molecule has 19 heavy (non-hydrogen) atoms. The molecule has 0 heterocycles. The zero-order valence-electron chi connectivity index (χ0n) is 10.9. The van der Waals surface area contributed by atoms with Gasteiger partial charge in [-0.1, -0.05) is 6.07 Å². The predicted octanol–water partition coefficient (Wildman–Crippen LogP) is 2.20. The molecule has 108 valence electrons. The summed E-state index contributed by atoms with van der Waals surface area (Å²) >= 11 is 0. The van der Waals surface area contributed by atoms with E-state index in [0.717, 1.165) is 11.1 Å². The molecule has 6 heteroatoms. The molecule has 1 unspecified atom stereocenters. The van der Waals surface area contributed by atoms with Gasteiger partial charge in [0.15, 0.2) is 0 Å². The molecule has 1 aromatic rings. The van der Waals surface area contributed by atoms with E-state index in [9.17, 15) is 18.3 Å². The van der Waals surface area contributed by atoms with Gasteiger partial charge in [0.05, 0.1) is 6.54 Å². The smallest absolute Gasteiger partial charge is 0.401 e. The first-order chi connectivity index (χ1) is 8.76. The SMILES string of the molecule is Cc1cc(C)cc(OCC(O)CNCC(F)(F)F)c1. The van der Waals surface area contributed by atoms with Gasteiger partial charge in [0.1, 0.15) is 18.5 Å². The van der Waals surface area contributed by atoms with Crippen molar-refractivity contribution in [3.05, 3.63) is 29.3 Å². The van der Waals surface area contributed by atoms with Crippen molar-refractivity contribution in [1.29, 1.82) is 0 Å². The van der Waals surface area contributed by atoms with Gasteiger partial charge in [-0.3, -0.25) is 0 Å². The zero-order valence-corrected chi connectivity index (χ0v) is 10.9. The Bertz CT molecular complexity index is 387. The summed E-state index contributed by atoms with van der Waals surface area (Å²) in [5, 5.41) is 11.6. The molecule has 0 radical (unpaired) electrons. The van der Waals surface area contributed by atoms with Gasteiger partial charge in [-0.15, -0.1) is 0 Å². The highest BCUT2D eigenvalue weighted by molar-refractivity contribution is 5.32. The fourth-order valence-corrected chi connectivity index (χ4v) is 1.65. The van der Waals surface area contributed by atoms with Gasteiger partial charge in [-0.05, 0) is 37.1 Å². The molecule has 0 saturated carbocycles. The van der Waals surface area contributed by atoms with Gasteiger partial charge in [-0.25, -0.2) is 0 Å². The number of hydrogen-bond donors (Lipinski definition) is 2. The average molecular weight is 277 g/mol. The lowest BCUT2D eigenvalue weighted by molar-refractivity contribution is -0.125. The number of rotatable bonds is 6. The van der Waals surface area contributed by atoms with E-state index in [4.69, 9.17) is 4.74 Å². The second-order valence-corrected chi connectivity index (χ2v) is 4.53. The van der Waals surface area contributed by atoms with E-state index < -0.39 is 18.8 Å². The van der Waals surface area contributed by atoms with Crippen LogP contribution >= 0.6 is 0 Å². The molecule has 0 saturated heterocycles. The van der Waals surface area contributed by atoms with Crippen molar-refractivity contribution in [2.24, 2.45) is 0 Å². The second-order valence-electron chi connectivity index (χ2n) is 4.53. The molecule has 0 spiro atoms. The fraction of sp³-hybridized carbons (Fsp3) is 0.538. The number of aliphatic hydroxyl groups excluding tert-OH is 1. The molecule has 0 bridgehead atoms. The van der Waals surface area contributed by atoms with E-state index >= 15 is 0 Å². The Labute approximate surface area is 110 Å². The second kappa shape index (κ2) is 6.77. The summed E-state index contributed by atoms with van der Waals surface area (Å²) in [4.78, 5) is 0. The molecule has 1 rings (SSSR count). The summed E-state index contributed by atoms with van der Waals surface area (Å²) in [5.74, 6) is 0.604. The van der Waals surface area contributed by atoms with Crippen LogP contribution in [0.25, 0.3) is 0 Å². The van der Waals surface area contributed by atoms with Gasteiger partial charge in [-0.2, -0.15) is 13.2 Å². The monoisotopic (exact) mass is 277 g/mol. The standard InChI is InChI=1S/C13H18F3NO2/c1-9-3-10(2)5-12(4-9)19-7-11(18)6-17-8-13(14,15)16/h3-5,11,17-18H,6-8H2,1-2H3. The molecular weight excluding hydrogens is 259 g/mol. The quantitative estimate of drug-likeness (QED) is 0.837. The maximum absolute atomic E-state index is 11.9. The van der Waals surface area contributed by atoms with E-state index in [2.05, 4.69) is 5.32 Å². The van der Waals surface area contributed by atoms with Crippen LogP contribution in [0, 0.1) is 13.8 Å². The highest BCUT2D eigenvalue weighted by Crippen LogP contribution is 2.16. The summed E-state index contributed by atoms with van der Waals surface area (Å²) in [6, 6.07) is 5.60. The number of alkyl halides is 3. The van der Waals surface area contributed by atoms with Crippen molar-refractivity contribution >= 4 is 0 Å². The number of nitrogens with one attached hydrogen (secondary N) is 1. The lowest BCUT2D eigenvalue weighted by Crippen LogP contribution is -2.37. The maximum atomic E-state index is 11.9. The molecule has 0 aromatic heterocycles. The van der Waals surface area contributed by atoms with Gasteiger partial charge in [0, 0.05) is 6.54 Å². The van der Waals surface area contributed by atoms with E-state index in [0.29, 0.717) is 5.75 Å². The number of aliphatic hydroxyl groups is 1. The molecular formula is C13H18F3NO2. The van der Waals surface area contributed by atoms with Crippen LogP contribution in [0.4, 0.5) is 13.2 Å². The lowest BCUT2D eigenvalue weighted by atomic mass is 10.1. The minimum absolute atomic E-state index is 0.0479. The number of halogens is 3. The summed E-state index contributed by atoms with van der Waals surface area (Å²) < 4.78 is 41.0. The normalized spacial score (nSPS) is 13.4. The van der Waals surface area contributed by atoms with Gasteiger partial charge < -0.3 is 15.2 Å². The Morgan fingerprint density at radius 3 is 2.32 bits per heavy atom. The Hall–Kier alpha value is -1.27. The highest BCUT2D eigenvalue weighted by Gasteiger charge is 2.26. The molecule has 0 amide bonds. The number of ether oxygens (including phenoxy) is 1. The summed E-state index contributed by atoms with van der Waals surface area (Å²) in [6.07, 6.45) is -5.25. The van der Waals surface area contributed by atoms with Gasteiger partial charge >= 0.3 is 6.18 Å². The molecule has 0 aliphatic rings. The predicted molar refractivity (Wildman–Crippen MR) is 66.3 cm³/mol. The highest BCUT2D eigenvalue weighted by atomic mass is 19.4. The van der Waals surface area contributed by atoms with Crippen molar-refractivity contribution in [2.45, 2.75) is 26.1 Å². The van der Waals surface area contributed by atoms with Crippen LogP contribution < -0.4 is 10.1 Å². The molecule has 3 nitrogen and oxygen atoms in total. The lowest BCUT2D eigenvalue weighted by Gasteiger charge is -2.14. The van der Waals surface area contributed by atoms with E-state index in [1.807, 2.05) is 32.0 Å². The third kappa shape index (κ3) is 7.03. The topological polar surface area (TPSA) is 41.5 Å². The van der Waals surface area contributed by atoms with E-state index in [1.54, 1.807) is 0 Å². The molecule has 1 aromatic carbocycles. The van der Waals surface area contributed by atoms with Crippen LogP contribution in [0.2, 0.25) is 0 Å². The van der Waals surface area contributed by atoms with Gasteiger partial charge in [0.25, 0.3) is 0 Å². The first-order valence-corrected chi connectivity index (χ1v) is 5.93. The largest absolute Gasteiger partial charge is 0.491 e. The van der Waals surface area contributed by atoms with Crippen LogP contribution in [0.3, 0.4) is 0 Å². The van der Waals surface area contributed by atoms with Crippen LogP contribution in [-0.4, -0.2) is 37.1 Å². The summed E-state index contributed by atoms with van der Waals surface area (Å²) in [7, 11) is 0. The fourth-order valence-electron chi connectivity index (χ4n) is 1.65. The first-order valence-electron chi connectivity index (χ1n) is 5.93. The Morgan fingerprint density at radius 1 is 1.21 bits per heavy atom. The minimum Gasteiger partial charge on any atom is -0.491 e. The molecule has 0 aliphatic carbocycles. The van der Waals surface area contributed by atoms with Crippen molar-refractivity contribution in [3.8, 4) is 5.75 Å². The number of aryl methyl sites for hydroxylation is 2. The zero-order chi connectivity index (χ0) is 14.5.